The Morgan fingerprint density at radius 1 is 1.38 bits per heavy atom. The van der Waals surface area contributed by atoms with Crippen molar-refractivity contribution in [3.05, 3.63) is 35.9 Å². The molecule has 0 saturated carbocycles. The first-order chi connectivity index (χ1) is 6.13. The SMILES string of the molecule is NN(I)C(I)C(=O)c1ccccc1. The summed E-state index contributed by atoms with van der Waals surface area (Å²) in [6.07, 6.45) is 0. The van der Waals surface area contributed by atoms with Crippen molar-refractivity contribution >= 4 is 51.2 Å². The molecule has 0 amide bonds. The van der Waals surface area contributed by atoms with E-state index in [0.717, 1.165) is 0 Å². The van der Waals surface area contributed by atoms with Crippen molar-refractivity contribution in [2.45, 2.75) is 4.05 Å². The molecule has 3 nitrogen and oxygen atoms in total. The lowest BCUT2D eigenvalue weighted by Crippen LogP contribution is -2.33. The second-order valence-electron chi connectivity index (χ2n) is 2.41. The predicted octanol–water partition coefficient (Wildman–Crippen LogP) is 2.16. The Morgan fingerprint density at radius 2 is 1.92 bits per heavy atom. The van der Waals surface area contributed by atoms with Crippen LogP contribution in [0.15, 0.2) is 30.3 Å². The zero-order chi connectivity index (χ0) is 9.84. The van der Waals surface area contributed by atoms with E-state index in [1.807, 2.05) is 63.7 Å². The van der Waals surface area contributed by atoms with E-state index >= 15 is 0 Å². The van der Waals surface area contributed by atoms with Crippen LogP contribution in [0.1, 0.15) is 10.4 Å². The van der Waals surface area contributed by atoms with Gasteiger partial charge in [0.2, 0.25) is 0 Å². The Labute approximate surface area is 104 Å². The molecule has 0 spiro atoms. The molecule has 0 bridgehead atoms. The lowest BCUT2D eigenvalue weighted by Gasteiger charge is -2.13. The summed E-state index contributed by atoms with van der Waals surface area (Å²) in [5, 5.41) is 0. The molecule has 1 unspecified atom stereocenters. The number of rotatable bonds is 3. The zero-order valence-electron chi connectivity index (χ0n) is 6.65. The molecule has 0 saturated heterocycles. The van der Waals surface area contributed by atoms with E-state index in [4.69, 9.17) is 5.84 Å². The van der Waals surface area contributed by atoms with Gasteiger partial charge >= 0.3 is 0 Å². The van der Waals surface area contributed by atoms with Crippen LogP contribution in [0, 0.1) is 0 Å². The highest BCUT2D eigenvalue weighted by Gasteiger charge is 2.19. The maximum absolute atomic E-state index is 11.7. The topological polar surface area (TPSA) is 46.3 Å². The number of carbonyl (C=O) groups excluding carboxylic acids is 1. The number of hydrazine groups is 1. The van der Waals surface area contributed by atoms with Gasteiger partial charge in [-0.2, -0.15) is 3.22 Å². The molecule has 70 valence electrons. The first-order valence-corrected chi connectivity index (χ1v) is 5.77. The molecule has 1 atom stereocenters. The second-order valence-corrected chi connectivity index (χ2v) is 4.70. The quantitative estimate of drug-likeness (QED) is 0.160. The second kappa shape index (κ2) is 5.23. The third kappa shape index (κ3) is 3.15. The van der Waals surface area contributed by atoms with Crippen LogP contribution >= 0.6 is 45.5 Å². The third-order valence-corrected chi connectivity index (χ3v) is 4.28. The van der Waals surface area contributed by atoms with Crippen molar-refractivity contribution in [1.82, 2.24) is 3.22 Å². The number of carbonyl (C=O) groups is 1. The summed E-state index contributed by atoms with van der Waals surface area (Å²) in [5.41, 5.74) is 0.689. The number of nitrogens with two attached hydrogens (primary N) is 1. The molecule has 0 aliphatic carbocycles. The van der Waals surface area contributed by atoms with Gasteiger partial charge in [-0.15, -0.1) is 0 Å². The Morgan fingerprint density at radius 3 is 2.38 bits per heavy atom. The molecule has 0 aromatic heterocycles. The normalized spacial score (nSPS) is 12.9. The molecule has 0 aliphatic rings. The molecule has 2 N–H and O–H groups in total. The molecular weight excluding hydrogens is 394 g/mol. The molecule has 0 radical (unpaired) electrons. The molecule has 1 aromatic rings. The van der Waals surface area contributed by atoms with Gasteiger partial charge in [-0.1, -0.05) is 52.9 Å². The van der Waals surface area contributed by atoms with Gasteiger partial charge in [0.1, 0.15) is 4.05 Å². The molecule has 0 fully saturated rings. The first kappa shape index (κ1) is 11.3. The van der Waals surface area contributed by atoms with Crippen LogP contribution in [0.2, 0.25) is 0 Å². The Bertz CT molecular complexity index is 289. The number of hydrogen-bond acceptors (Lipinski definition) is 3. The van der Waals surface area contributed by atoms with Crippen LogP contribution in [0.5, 0.6) is 0 Å². The zero-order valence-corrected chi connectivity index (χ0v) is 11.0. The van der Waals surface area contributed by atoms with Gasteiger partial charge < -0.3 is 0 Å². The number of alkyl halides is 1. The average molecular weight is 402 g/mol. The van der Waals surface area contributed by atoms with Gasteiger partial charge in [0.05, 0.1) is 0 Å². The fourth-order valence-electron chi connectivity index (χ4n) is 0.852. The minimum atomic E-state index is -0.319. The van der Waals surface area contributed by atoms with Crippen LogP contribution in [0.4, 0.5) is 0 Å². The van der Waals surface area contributed by atoms with E-state index < -0.39 is 0 Å². The summed E-state index contributed by atoms with van der Waals surface area (Å²) in [6.45, 7) is 0. The predicted molar refractivity (Wildman–Crippen MR) is 68.6 cm³/mol. The largest absolute Gasteiger partial charge is 0.291 e. The van der Waals surface area contributed by atoms with E-state index in [2.05, 4.69) is 0 Å². The van der Waals surface area contributed by atoms with Gasteiger partial charge in [-0.05, 0) is 0 Å². The monoisotopic (exact) mass is 402 g/mol. The number of ketones is 1. The first-order valence-electron chi connectivity index (χ1n) is 3.56. The number of hydrogen-bond donors (Lipinski definition) is 1. The summed E-state index contributed by atoms with van der Waals surface area (Å²) in [5.74, 6) is 5.49. The van der Waals surface area contributed by atoms with Crippen molar-refractivity contribution in [2.24, 2.45) is 5.84 Å². The van der Waals surface area contributed by atoms with E-state index in [0.29, 0.717) is 5.56 Å². The lowest BCUT2D eigenvalue weighted by atomic mass is 10.1. The fourth-order valence-corrected chi connectivity index (χ4v) is 1.46. The lowest BCUT2D eigenvalue weighted by molar-refractivity contribution is 0.0966. The van der Waals surface area contributed by atoms with Crippen LogP contribution in [0.3, 0.4) is 0 Å². The highest BCUT2D eigenvalue weighted by Crippen LogP contribution is 2.14. The molecule has 13 heavy (non-hydrogen) atoms. The maximum Gasteiger partial charge on any atom is 0.192 e. The van der Waals surface area contributed by atoms with Crippen LogP contribution in [0.25, 0.3) is 0 Å². The third-order valence-electron chi connectivity index (χ3n) is 1.49. The number of halogens is 2. The number of nitrogens with zero attached hydrogens (tertiary/aromatic N) is 1. The molecular formula is C8H8I2N2O. The van der Waals surface area contributed by atoms with Gasteiger partial charge in [-0.3, -0.25) is 10.6 Å². The van der Waals surface area contributed by atoms with Crippen LogP contribution in [-0.4, -0.2) is 13.1 Å². The minimum Gasteiger partial charge on any atom is -0.291 e. The summed E-state index contributed by atoms with van der Waals surface area (Å²) in [4.78, 5) is 11.7. The van der Waals surface area contributed by atoms with E-state index in [1.165, 1.54) is 3.22 Å². The van der Waals surface area contributed by atoms with Crippen molar-refractivity contribution in [3.8, 4) is 0 Å². The minimum absolute atomic E-state index is 0.0260. The van der Waals surface area contributed by atoms with Gasteiger partial charge in [0.15, 0.2) is 5.78 Å². The highest BCUT2D eigenvalue weighted by atomic mass is 127. The Kier molecular flexibility index (Phi) is 4.56. The summed E-state index contributed by atoms with van der Waals surface area (Å²) in [6, 6.07) is 9.13. The summed E-state index contributed by atoms with van der Waals surface area (Å²) < 4.78 is 1.05. The number of Topliss-reactive ketones (excluding diaryl/α,β-unsaturated/α-hetero) is 1. The van der Waals surface area contributed by atoms with Gasteiger partial charge in [-0.25, -0.2) is 0 Å². The van der Waals surface area contributed by atoms with E-state index in [9.17, 15) is 4.79 Å². The molecule has 5 heteroatoms. The maximum atomic E-state index is 11.7. The van der Waals surface area contributed by atoms with Crippen molar-refractivity contribution in [3.63, 3.8) is 0 Å². The molecule has 0 aliphatic heterocycles. The van der Waals surface area contributed by atoms with Crippen LogP contribution in [-0.2, 0) is 0 Å². The average Bonchev–Trinajstić information content (AvgIpc) is 2.17. The molecule has 1 rings (SSSR count). The van der Waals surface area contributed by atoms with Gasteiger partial charge in [0, 0.05) is 28.4 Å². The fraction of sp³-hybridized carbons (Fsp3) is 0.125. The van der Waals surface area contributed by atoms with Crippen molar-refractivity contribution in [1.29, 1.82) is 0 Å². The smallest absolute Gasteiger partial charge is 0.192 e. The summed E-state index contributed by atoms with van der Waals surface area (Å²) in [7, 11) is 0. The highest BCUT2D eigenvalue weighted by molar-refractivity contribution is 14.1. The van der Waals surface area contributed by atoms with Crippen LogP contribution < -0.4 is 5.84 Å². The summed E-state index contributed by atoms with van der Waals surface area (Å²) >= 11 is 3.90. The van der Waals surface area contributed by atoms with E-state index in [1.54, 1.807) is 12.1 Å². The standard InChI is InChI=1S/C8H8I2N2O/c9-8(12(10)11)7(13)6-4-2-1-3-5-6/h1-5,8H,11H2. The van der Waals surface area contributed by atoms with Crippen molar-refractivity contribution < 1.29 is 4.79 Å². The Hall–Kier alpha value is 0.270. The van der Waals surface area contributed by atoms with E-state index in [-0.39, 0.29) is 9.83 Å². The van der Waals surface area contributed by atoms with Gasteiger partial charge in [0.25, 0.3) is 0 Å². The molecule has 1 aromatic carbocycles. The number of benzene rings is 1. The van der Waals surface area contributed by atoms with Crippen molar-refractivity contribution in [2.75, 3.05) is 0 Å². The Balaban J connectivity index is 2.80. The molecule has 0 heterocycles.